The van der Waals surface area contributed by atoms with Crippen LogP contribution in [0.2, 0.25) is 0 Å². The number of piperidine rings is 2. The van der Waals surface area contributed by atoms with Gasteiger partial charge < -0.3 is 10.2 Å². The van der Waals surface area contributed by atoms with E-state index >= 15 is 0 Å². The Hall–Kier alpha value is -1.09. The largest absolute Gasteiger partial charge is 0.314 e. The van der Waals surface area contributed by atoms with Gasteiger partial charge in [0.15, 0.2) is 0 Å². The summed E-state index contributed by atoms with van der Waals surface area (Å²) >= 11 is 0. The molecule has 2 heterocycles. The zero-order valence-corrected chi connectivity index (χ0v) is 18.9. The average Bonchev–Trinajstić information content (AvgIpc) is 2.69. The molecule has 3 rings (SSSR count). The number of hydrogen-bond acceptors (Lipinski definition) is 4. The van der Waals surface area contributed by atoms with Gasteiger partial charge in [-0.05, 0) is 87.8 Å². The minimum atomic E-state index is -3.19. The number of likely N-dealkylation sites (tertiary alicyclic amines) is 1. The molecule has 0 aliphatic carbocycles. The number of sulfonamides is 1. The minimum absolute atomic E-state index is 0.0309. The third-order valence-corrected chi connectivity index (χ3v) is 7.99. The summed E-state index contributed by atoms with van der Waals surface area (Å²) in [4.78, 5) is 2.45. The smallest absolute Gasteiger partial charge is 0.211 e. The molecular formula is C22H35F2N3O2S. The summed E-state index contributed by atoms with van der Waals surface area (Å²) in [6.45, 7) is 7.04. The van der Waals surface area contributed by atoms with Crippen molar-refractivity contribution in [1.29, 1.82) is 0 Å². The highest BCUT2D eigenvalue weighted by molar-refractivity contribution is 7.88. The van der Waals surface area contributed by atoms with Crippen molar-refractivity contribution in [1.82, 2.24) is 14.5 Å². The van der Waals surface area contributed by atoms with E-state index in [9.17, 15) is 17.2 Å². The highest BCUT2D eigenvalue weighted by Crippen LogP contribution is 2.36. The van der Waals surface area contributed by atoms with Crippen LogP contribution in [-0.2, 0) is 10.0 Å². The minimum Gasteiger partial charge on any atom is -0.314 e. The molecule has 1 N–H and O–H groups in total. The third kappa shape index (κ3) is 6.45. The standard InChI is InChI=1S/C22H35F2N3O2S/c1-3-25-21-6-9-26(10-7-21)11-8-22(18-14-19(23)16-20(24)15-18)17-4-12-27(13-5-17)30(2,28)29/h14-17,21-22,25H,3-13H2,1-2H3. The first-order valence-corrected chi connectivity index (χ1v) is 13.0. The van der Waals surface area contributed by atoms with E-state index in [0.717, 1.165) is 64.3 Å². The summed E-state index contributed by atoms with van der Waals surface area (Å²) in [5.41, 5.74) is 0.702. The fourth-order valence-corrected chi connectivity index (χ4v) is 5.92. The molecule has 2 saturated heterocycles. The highest BCUT2D eigenvalue weighted by atomic mass is 32.2. The molecule has 0 aromatic heterocycles. The van der Waals surface area contributed by atoms with E-state index in [-0.39, 0.29) is 11.8 Å². The van der Waals surface area contributed by atoms with Crippen molar-refractivity contribution >= 4 is 10.0 Å². The maximum absolute atomic E-state index is 13.9. The van der Waals surface area contributed by atoms with E-state index < -0.39 is 21.7 Å². The van der Waals surface area contributed by atoms with Crippen molar-refractivity contribution in [2.45, 2.75) is 51.0 Å². The van der Waals surface area contributed by atoms with Gasteiger partial charge in [0, 0.05) is 25.2 Å². The first kappa shape index (κ1) is 23.6. The first-order chi connectivity index (χ1) is 14.3. The number of rotatable bonds is 8. The lowest BCUT2D eigenvalue weighted by atomic mass is 9.78. The van der Waals surface area contributed by atoms with Gasteiger partial charge in [-0.2, -0.15) is 0 Å². The Balaban J connectivity index is 1.66. The number of nitrogens with zero attached hydrogens (tertiary/aromatic N) is 2. The van der Waals surface area contributed by atoms with E-state index in [1.165, 1.54) is 22.7 Å². The van der Waals surface area contributed by atoms with Crippen LogP contribution in [0.4, 0.5) is 8.78 Å². The van der Waals surface area contributed by atoms with Gasteiger partial charge in [-0.1, -0.05) is 6.92 Å². The molecule has 1 aromatic rings. The molecule has 0 spiro atoms. The second kappa shape index (κ2) is 10.5. The molecule has 170 valence electrons. The van der Waals surface area contributed by atoms with Crippen molar-refractivity contribution in [2.24, 2.45) is 5.92 Å². The number of hydrogen-bond donors (Lipinski definition) is 1. The number of nitrogens with one attached hydrogen (secondary N) is 1. The summed E-state index contributed by atoms with van der Waals surface area (Å²) in [6, 6.07) is 4.40. The second-order valence-corrected chi connectivity index (χ2v) is 10.8. The predicted octanol–water partition coefficient (Wildman–Crippen LogP) is 3.18. The van der Waals surface area contributed by atoms with E-state index in [1.807, 2.05) is 0 Å². The van der Waals surface area contributed by atoms with Crippen LogP contribution in [0.3, 0.4) is 0 Å². The summed E-state index contributed by atoms with van der Waals surface area (Å²) in [5, 5.41) is 3.51. The summed E-state index contributed by atoms with van der Waals surface area (Å²) in [6.07, 6.45) is 5.76. The van der Waals surface area contributed by atoms with Crippen molar-refractivity contribution in [3.8, 4) is 0 Å². The molecule has 0 saturated carbocycles. The van der Waals surface area contributed by atoms with E-state index in [0.29, 0.717) is 24.7 Å². The molecule has 8 heteroatoms. The normalized spacial score (nSPS) is 21.7. The van der Waals surface area contributed by atoms with Gasteiger partial charge in [0.25, 0.3) is 0 Å². The molecule has 0 amide bonds. The third-order valence-electron chi connectivity index (χ3n) is 6.69. The Morgan fingerprint density at radius 2 is 1.63 bits per heavy atom. The van der Waals surface area contributed by atoms with Gasteiger partial charge >= 0.3 is 0 Å². The zero-order chi connectivity index (χ0) is 21.7. The van der Waals surface area contributed by atoms with Crippen LogP contribution < -0.4 is 5.32 Å². The molecule has 0 radical (unpaired) electrons. The summed E-state index contributed by atoms with van der Waals surface area (Å²) < 4.78 is 53.1. The average molecular weight is 444 g/mol. The fourth-order valence-electron chi connectivity index (χ4n) is 5.04. The maximum Gasteiger partial charge on any atom is 0.211 e. The Morgan fingerprint density at radius 1 is 1.03 bits per heavy atom. The van der Waals surface area contributed by atoms with Crippen LogP contribution in [-0.4, -0.2) is 69.2 Å². The topological polar surface area (TPSA) is 52.6 Å². The van der Waals surface area contributed by atoms with Crippen LogP contribution in [0.15, 0.2) is 18.2 Å². The van der Waals surface area contributed by atoms with Crippen LogP contribution in [0, 0.1) is 17.6 Å². The monoisotopic (exact) mass is 443 g/mol. The molecule has 0 bridgehead atoms. The van der Waals surface area contributed by atoms with Gasteiger partial charge in [0.1, 0.15) is 11.6 Å². The Bertz CT molecular complexity index is 769. The van der Waals surface area contributed by atoms with Crippen LogP contribution in [0.1, 0.15) is 50.5 Å². The molecule has 2 fully saturated rings. The molecule has 30 heavy (non-hydrogen) atoms. The van der Waals surface area contributed by atoms with Gasteiger partial charge in [-0.25, -0.2) is 21.5 Å². The summed E-state index contributed by atoms with van der Waals surface area (Å²) in [5.74, 6) is -0.836. The zero-order valence-electron chi connectivity index (χ0n) is 18.1. The second-order valence-electron chi connectivity index (χ2n) is 8.77. The van der Waals surface area contributed by atoms with Crippen LogP contribution >= 0.6 is 0 Å². The quantitative estimate of drug-likeness (QED) is 0.671. The lowest BCUT2D eigenvalue weighted by Crippen LogP contribution is -2.43. The highest BCUT2D eigenvalue weighted by Gasteiger charge is 2.31. The SMILES string of the molecule is CCNC1CCN(CCC(c2cc(F)cc(F)c2)C2CCN(S(C)(=O)=O)CC2)CC1. The van der Waals surface area contributed by atoms with Crippen LogP contribution in [0.5, 0.6) is 0 Å². The molecule has 1 aromatic carbocycles. The Kier molecular flexibility index (Phi) is 8.24. The molecule has 2 aliphatic rings. The fraction of sp³-hybridized carbons (Fsp3) is 0.727. The molecule has 2 aliphatic heterocycles. The molecule has 5 nitrogen and oxygen atoms in total. The maximum atomic E-state index is 13.9. The lowest BCUT2D eigenvalue weighted by molar-refractivity contribution is 0.176. The molecule has 1 unspecified atom stereocenters. The van der Waals surface area contributed by atoms with Crippen molar-refractivity contribution in [3.63, 3.8) is 0 Å². The van der Waals surface area contributed by atoms with Gasteiger partial charge in [-0.15, -0.1) is 0 Å². The van der Waals surface area contributed by atoms with Crippen molar-refractivity contribution < 1.29 is 17.2 Å². The lowest BCUT2D eigenvalue weighted by Gasteiger charge is -2.37. The Morgan fingerprint density at radius 3 is 2.17 bits per heavy atom. The Labute approximate surface area is 179 Å². The molecular weight excluding hydrogens is 408 g/mol. The van der Waals surface area contributed by atoms with E-state index in [4.69, 9.17) is 0 Å². The summed E-state index contributed by atoms with van der Waals surface area (Å²) in [7, 11) is -3.19. The van der Waals surface area contributed by atoms with Gasteiger partial charge in [0.2, 0.25) is 10.0 Å². The number of benzene rings is 1. The van der Waals surface area contributed by atoms with E-state index in [1.54, 1.807) is 0 Å². The van der Waals surface area contributed by atoms with Crippen molar-refractivity contribution in [2.75, 3.05) is 45.5 Å². The van der Waals surface area contributed by atoms with Crippen LogP contribution in [0.25, 0.3) is 0 Å². The van der Waals surface area contributed by atoms with Gasteiger partial charge in [0.05, 0.1) is 6.26 Å². The van der Waals surface area contributed by atoms with Gasteiger partial charge in [-0.3, -0.25) is 0 Å². The molecule has 1 atom stereocenters. The predicted molar refractivity (Wildman–Crippen MR) is 116 cm³/mol. The first-order valence-electron chi connectivity index (χ1n) is 11.1. The van der Waals surface area contributed by atoms with Crippen molar-refractivity contribution in [3.05, 3.63) is 35.4 Å². The van der Waals surface area contributed by atoms with E-state index in [2.05, 4.69) is 17.1 Å². The number of halogens is 2.